The zero-order chi connectivity index (χ0) is 17.9. The topological polar surface area (TPSA) is 76.4 Å². The number of rotatable bonds is 5. The van der Waals surface area contributed by atoms with Crippen LogP contribution in [0.2, 0.25) is 0 Å². The molecule has 8 heteroatoms. The molecule has 0 radical (unpaired) electrons. The van der Waals surface area contributed by atoms with Gasteiger partial charge in [-0.2, -0.15) is 0 Å². The highest BCUT2D eigenvalue weighted by atomic mass is 35.5. The first-order valence-electron chi connectivity index (χ1n) is 9.20. The first-order valence-corrected chi connectivity index (χ1v) is 9.20. The Morgan fingerprint density at radius 3 is 2.70 bits per heavy atom. The summed E-state index contributed by atoms with van der Waals surface area (Å²) in [6, 6.07) is 4.73. The van der Waals surface area contributed by atoms with E-state index in [9.17, 15) is 9.18 Å². The van der Waals surface area contributed by atoms with Crippen LogP contribution in [-0.4, -0.2) is 30.7 Å². The van der Waals surface area contributed by atoms with E-state index in [2.05, 4.69) is 10.6 Å². The van der Waals surface area contributed by atoms with Crippen LogP contribution < -0.4 is 16.4 Å². The van der Waals surface area contributed by atoms with Gasteiger partial charge in [-0.25, -0.2) is 4.39 Å². The highest BCUT2D eigenvalue weighted by molar-refractivity contribution is 5.93. The second kappa shape index (κ2) is 10.5. The molecule has 1 aliphatic carbocycles. The van der Waals surface area contributed by atoms with E-state index in [0.29, 0.717) is 17.9 Å². The van der Waals surface area contributed by atoms with Gasteiger partial charge in [0.1, 0.15) is 5.82 Å². The van der Waals surface area contributed by atoms with Crippen molar-refractivity contribution in [1.29, 1.82) is 0 Å². The van der Waals surface area contributed by atoms with E-state index in [0.717, 1.165) is 45.1 Å². The molecule has 1 saturated carbocycles. The average molecular weight is 422 g/mol. The Bertz CT molecular complexity index is 625. The van der Waals surface area contributed by atoms with Gasteiger partial charge in [-0.1, -0.05) is 12.8 Å². The number of carbonyl (C=O) groups excluding carboxylic acids is 1. The monoisotopic (exact) mass is 421 g/mol. The van der Waals surface area contributed by atoms with Crippen molar-refractivity contribution in [3.8, 4) is 0 Å². The molecule has 2 aliphatic rings. The molecule has 3 unspecified atom stereocenters. The zero-order valence-corrected chi connectivity index (χ0v) is 17.3. The van der Waals surface area contributed by atoms with Crippen molar-refractivity contribution in [2.75, 3.05) is 23.8 Å². The Hall–Kier alpha value is -1.08. The van der Waals surface area contributed by atoms with Gasteiger partial charge < -0.3 is 21.1 Å². The number of amides is 1. The van der Waals surface area contributed by atoms with E-state index in [1.54, 1.807) is 12.1 Å². The van der Waals surface area contributed by atoms with Crippen LogP contribution in [0.5, 0.6) is 0 Å². The van der Waals surface area contributed by atoms with Crippen molar-refractivity contribution >= 4 is 42.1 Å². The van der Waals surface area contributed by atoms with Crippen LogP contribution in [-0.2, 0) is 9.53 Å². The lowest BCUT2D eigenvalue weighted by molar-refractivity contribution is -0.122. The predicted octanol–water partition coefficient (Wildman–Crippen LogP) is 4.11. The largest absolute Gasteiger partial charge is 0.380 e. The van der Waals surface area contributed by atoms with Gasteiger partial charge in [-0.15, -0.1) is 24.8 Å². The summed E-state index contributed by atoms with van der Waals surface area (Å²) in [5, 5.41) is 5.90. The minimum Gasteiger partial charge on any atom is -0.380 e. The van der Waals surface area contributed by atoms with Crippen LogP contribution in [0.25, 0.3) is 0 Å². The van der Waals surface area contributed by atoms with E-state index < -0.39 is 5.54 Å². The number of ether oxygens (including phenoxy) is 1. The van der Waals surface area contributed by atoms with Gasteiger partial charge in [-0.3, -0.25) is 4.79 Å². The van der Waals surface area contributed by atoms with Gasteiger partial charge in [0.05, 0.1) is 17.7 Å². The predicted molar refractivity (Wildman–Crippen MR) is 112 cm³/mol. The van der Waals surface area contributed by atoms with Gasteiger partial charge in [0, 0.05) is 24.4 Å². The minimum absolute atomic E-state index is 0. The van der Waals surface area contributed by atoms with Crippen LogP contribution in [0.3, 0.4) is 0 Å². The van der Waals surface area contributed by atoms with Gasteiger partial charge in [0.2, 0.25) is 5.91 Å². The van der Waals surface area contributed by atoms with Crippen molar-refractivity contribution in [3.63, 3.8) is 0 Å². The smallest absolute Gasteiger partial charge is 0.229 e. The summed E-state index contributed by atoms with van der Waals surface area (Å²) in [4.78, 5) is 12.5. The molecule has 5 nitrogen and oxygen atoms in total. The normalized spacial score (nSPS) is 27.2. The molecule has 0 spiro atoms. The lowest BCUT2D eigenvalue weighted by atomic mass is 9.74. The third-order valence-corrected chi connectivity index (χ3v) is 5.35. The van der Waals surface area contributed by atoms with Crippen LogP contribution in [0.1, 0.15) is 45.4 Å². The van der Waals surface area contributed by atoms with Crippen LogP contribution in [0.15, 0.2) is 18.2 Å². The summed E-state index contributed by atoms with van der Waals surface area (Å²) < 4.78 is 19.8. The molecular formula is C19H30Cl2FN3O2. The van der Waals surface area contributed by atoms with Crippen LogP contribution in [0.4, 0.5) is 15.8 Å². The number of hydrogen-bond acceptors (Lipinski definition) is 4. The fourth-order valence-electron chi connectivity index (χ4n) is 3.78. The lowest BCUT2D eigenvalue weighted by Gasteiger charge is -2.37. The molecule has 3 rings (SSSR count). The Kier molecular flexibility index (Phi) is 9.28. The molecule has 1 amide bonds. The molecule has 27 heavy (non-hydrogen) atoms. The summed E-state index contributed by atoms with van der Waals surface area (Å²) in [6.45, 7) is 3.30. The van der Waals surface area contributed by atoms with E-state index in [1.807, 2.05) is 6.92 Å². The quantitative estimate of drug-likeness (QED) is 0.668. The number of anilines is 2. The van der Waals surface area contributed by atoms with Gasteiger partial charge in [0.25, 0.3) is 0 Å². The molecule has 1 saturated heterocycles. The molecule has 1 heterocycles. The van der Waals surface area contributed by atoms with Crippen molar-refractivity contribution in [2.24, 2.45) is 11.7 Å². The Morgan fingerprint density at radius 2 is 2.07 bits per heavy atom. The van der Waals surface area contributed by atoms with Crippen LogP contribution in [0, 0.1) is 11.7 Å². The molecule has 1 aliphatic heterocycles. The fourth-order valence-corrected chi connectivity index (χ4v) is 3.78. The average Bonchev–Trinajstić information content (AvgIpc) is 3.07. The summed E-state index contributed by atoms with van der Waals surface area (Å²) in [5.74, 6) is -0.735. The SMILES string of the molecule is CC1(N)CCCCC1C(=O)Nc1ccc(NCC2CCCO2)c(F)c1.Cl.Cl. The van der Waals surface area contributed by atoms with Gasteiger partial charge in [-0.05, 0) is 50.8 Å². The first-order chi connectivity index (χ1) is 12.0. The molecule has 0 aromatic heterocycles. The highest BCUT2D eigenvalue weighted by Gasteiger charge is 2.37. The molecule has 1 aromatic rings. The van der Waals surface area contributed by atoms with Crippen molar-refractivity contribution in [2.45, 2.75) is 57.1 Å². The van der Waals surface area contributed by atoms with Crippen LogP contribution >= 0.6 is 24.8 Å². The Balaban J connectivity index is 0.00000182. The molecule has 2 fully saturated rings. The van der Waals surface area contributed by atoms with Crippen molar-refractivity contribution in [3.05, 3.63) is 24.0 Å². The van der Waals surface area contributed by atoms with E-state index in [1.165, 1.54) is 6.07 Å². The molecule has 0 bridgehead atoms. The number of carbonyl (C=O) groups is 1. The maximum Gasteiger partial charge on any atom is 0.229 e. The Labute approximate surface area is 172 Å². The maximum atomic E-state index is 14.3. The summed E-state index contributed by atoms with van der Waals surface area (Å²) in [6.07, 6.45) is 5.88. The van der Waals surface area contributed by atoms with Crippen molar-refractivity contribution < 1.29 is 13.9 Å². The molecular weight excluding hydrogens is 392 g/mol. The number of halogens is 3. The minimum atomic E-state index is -0.496. The lowest BCUT2D eigenvalue weighted by Crippen LogP contribution is -2.51. The summed E-state index contributed by atoms with van der Waals surface area (Å²) in [7, 11) is 0. The van der Waals surface area contributed by atoms with Gasteiger partial charge in [0.15, 0.2) is 0 Å². The molecule has 1 aromatic carbocycles. The third kappa shape index (κ3) is 6.21. The van der Waals surface area contributed by atoms with E-state index in [4.69, 9.17) is 10.5 Å². The third-order valence-electron chi connectivity index (χ3n) is 5.35. The Morgan fingerprint density at radius 1 is 1.30 bits per heavy atom. The summed E-state index contributed by atoms with van der Waals surface area (Å²) in [5.41, 5.74) is 6.67. The number of nitrogens with one attached hydrogen (secondary N) is 2. The molecule has 3 atom stereocenters. The second-order valence-corrected chi connectivity index (χ2v) is 7.50. The number of benzene rings is 1. The second-order valence-electron chi connectivity index (χ2n) is 7.50. The maximum absolute atomic E-state index is 14.3. The standard InChI is InChI=1S/C19H28FN3O2.2ClH/c1-19(21)9-3-2-6-15(19)18(24)23-13-7-8-17(16(20)11-13)22-12-14-5-4-10-25-14;;/h7-8,11,14-15,22H,2-6,9-10,12,21H2,1H3,(H,23,24);2*1H. The number of nitrogens with two attached hydrogens (primary N) is 1. The highest BCUT2D eigenvalue weighted by Crippen LogP contribution is 2.32. The molecule has 4 N–H and O–H groups in total. The van der Waals surface area contributed by atoms with E-state index in [-0.39, 0.29) is 48.6 Å². The first kappa shape index (κ1) is 24.0. The number of hydrogen-bond donors (Lipinski definition) is 3. The molecule has 154 valence electrons. The fraction of sp³-hybridized carbons (Fsp3) is 0.632. The van der Waals surface area contributed by atoms with Gasteiger partial charge >= 0.3 is 0 Å². The van der Waals surface area contributed by atoms with Crippen molar-refractivity contribution in [1.82, 2.24) is 0 Å². The van der Waals surface area contributed by atoms with E-state index >= 15 is 0 Å². The summed E-state index contributed by atoms with van der Waals surface area (Å²) >= 11 is 0. The zero-order valence-electron chi connectivity index (χ0n) is 15.6.